The Bertz CT molecular complexity index is 394. The number of hydrogen-bond donors (Lipinski definition) is 1. The van der Waals surface area contributed by atoms with E-state index in [0.29, 0.717) is 31.7 Å². The van der Waals surface area contributed by atoms with Crippen molar-refractivity contribution in [2.24, 2.45) is 11.3 Å². The summed E-state index contributed by atoms with van der Waals surface area (Å²) in [5.41, 5.74) is -0.589. The van der Waals surface area contributed by atoms with Crippen LogP contribution in [-0.2, 0) is 9.59 Å². The number of carbonyl (C=O) groups excluding carboxylic acids is 2. The molecule has 0 aliphatic carbocycles. The Hall–Kier alpha value is -1.06. The van der Waals surface area contributed by atoms with Crippen molar-refractivity contribution in [1.82, 2.24) is 10.2 Å². The van der Waals surface area contributed by atoms with E-state index in [0.717, 1.165) is 0 Å². The maximum absolute atomic E-state index is 13.0. The molecule has 1 saturated heterocycles. The molecule has 1 rings (SSSR count). The van der Waals surface area contributed by atoms with Gasteiger partial charge in [0.05, 0.1) is 0 Å². The summed E-state index contributed by atoms with van der Waals surface area (Å²) >= 11 is 0. The predicted octanol–water partition coefficient (Wildman–Crippen LogP) is 2.96. The van der Waals surface area contributed by atoms with Crippen LogP contribution in [0.15, 0.2) is 0 Å². The molecule has 2 amide bonds. The molecule has 4 heteroatoms. The van der Waals surface area contributed by atoms with E-state index < -0.39 is 5.54 Å². The molecule has 0 aromatic rings. The van der Waals surface area contributed by atoms with Gasteiger partial charge in [-0.2, -0.15) is 0 Å². The van der Waals surface area contributed by atoms with Crippen LogP contribution in [0, 0.1) is 11.3 Å². The highest BCUT2D eigenvalue weighted by Crippen LogP contribution is 2.31. The maximum Gasteiger partial charge on any atom is 0.248 e. The monoisotopic (exact) mass is 296 g/mol. The number of piperazine rings is 1. The Kier molecular flexibility index (Phi) is 5.46. The largest absolute Gasteiger partial charge is 0.340 e. The number of nitrogens with one attached hydrogen (secondary N) is 1. The molecule has 1 aliphatic rings. The molecule has 0 spiro atoms. The fourth-order valence-electron chi connectivity index (χ4n) is 2.84. The van der Waals surface area contributed by atoms with Crippen LogP contribution in [0.1, 0.15) is 67.7 Å². The van der Waals surface area contributed by atoms with Gasteiger partial charge in [-0.25, -0.2) is 0 Å². The van der Waals surface area contributed by atoms with Crippen LogP contribution >= 0.6 is 0 Å². The standard InChI is InChI=1S/C17H32N2O2/c1-8-13-14(20)18-17(9-2,10-3)15(21)19(13)11-12(4)16(5,6)7/h12-13H,8-11H2,1-7H3,(H,18,20). The van der Waals surface area contributed by atoms with Crippen LogP contribution < -0.4 is 5.32 Å². The van der Waals surface area contributed by atoms with Crippen molar-refractivity contribution < 1.29 is 9.59 Å². The Morgan fingerprint density at radius 3 is 2.10 bits per heavy atom. The summed E-state index contributed by atoms with van der Waals surface area (Å²) in [6, 6.07) is -0.325. The minimum atomic E-state index is -0.708. The molecule has 1 fully saturated rings. The van der Waals surface area contributed by atoms with Gasteiger partial charge in [0.15, 0.2) is 0 Å². The van der Waals surface area contributed by atoms with Gasteiger partial charge in [0, 0.05) is 6.54 Å². The highest BCUT2D eigenvalue weighted by atomic mass is 16.2. The topological polar surface area (TPSA) is 49.4 Å². The van der Waals surface area contributed by atoms with Crippen LogP contribution in [0.5, 0.6) is 0 Å². The lowest BCUT2D eigenvalue weighted by atomic mass is 9.80. The van der Waals surface area contributed by atoms with E-state index in [4.69, 9.17) is 0 Å². The maximum atomic E-state index is 13.0. The van der Waals surface area contributed by atoms with Gasteiger partial charge < -0.3 is 10.2 Å². The van der Waals surface area contributed by atoms with Crippen LogP contribution in [-0.4, -0.2) is 34.8 Å². The first kappa shape index (κ1) is 18.0. The van der Waals surface area contributed by atoms with Gasteiger partial charge in [-0.05, 0) is 30.6 Å². The molecule has 122 valence electrons. The molecule has 0 bridgehead atoms. The average Bonchev–Trinajstić information content (AvgIpc) is 2.41. The second-order valence-corrected chi connectivity index (χ2v) is 7.43. The van der Waals surface area contributed by atoms with E-state index in [2.05, 4.69) is 33.0 Å². The first-order chi connectivity index (χ1) is 9.62. The summed E-state index contributed by atoms with van der Waals surface area (Å²) in [6.07, 6.45) is 1.95. The lowest BCUT2D eigenvalue weighted by Gasteiger charge is -2.47. The molecule has 4 nitrogen and oxygen atoms in total. The second-order valence-electron chi connectivity index (χ2n) is 7.43. The quantitative estimate of drug-likeness (QED) is 0.848. The zero-order chi connectivity index (χ0) is 16.4. The van der Waals surface area contributed by atoms with Gasteiger partial charge in [-0.1, -0.05) is 48.5 Å². The summed E-state index contributed by atoms with van der Waals surface area (Å²) in [4.78, 5) is 27.3. The van der Waals surface area contributed by atoms with Crippen LogP contribution in [0.2, 0.25) is 0 Å². The van der Waals surface area contributed by atoms with Gasteiger partial charge in [0.1, 0.15) is 11.6 Å². The zero-order valence-corrected chi connectivity index (χ0v) is 14.7. The van der Waals surface area contributed by atoms with E-state index in [1.165, 1.54) is 0 Å². The minimum absolute atomic E-state index is 0.00177. The first-order valence-corrected chi connectivity index (χ1v) is 8.26. The van der Waals surface area contributed by atoms with Gasteiger partial charge in [0.2, 0.25) is 11.8 Å². The van der Waals surface area contributed by atoms with Gasteiger partial charge in [-0.3, -0.25) is 9.59 Å². The summed E-state index contributed by atoms with van der Waals surface area (Å²) in [6.45, 7) is 15.3. The Balaban J connectivity index is 3.10. The van der Waals surface area contributed by atoms with Crippen molar-refractivity contribution in [3.63, 3.8) is 0 Å². The Morgan fingerprint density at radius 2 is 1.71 bits per heavy atom. The summed E-state index contributed by atoms with van der Waals surface area (Å²) < 4.78 is 0. The van der Waals surface area contributed by atoms with Gasteiger partial charge in [-0.15, -0.1) is 0 Å². The molecule has 1 aliphatic heterocycles. The molecule has 0 aromatic carbocycles. The predicted molar refractivity (Wildman–Crippen MR) is 85.9 cm³/mol. The highest BCUT2D eigenvalue weighted by Gasteiger charge is 2.48. The Labute approximate surface area is 129 Å². The summed E-state index contributed by atoms with van der Waals surface area (Å²) in [5, 5.41) is 2.99. The molecule has 1 N–H and O–H groups in total. The fourth-order valence-corrected chi connectivity index (χ4v) is 2.84. The molecule has 2 unspecified atom stereocenters. The van der Waals surface area contributed by atoms with E-state index in [1.54, 1.807) is 0 Å². The molecule has 1 heterocycles. The van der Waals surface area contributed by atoms with E-state index in [9.17, 15) is 9.59 Å². The molecule has 0 radical (unpaired) electrons. The lowest BCUT2D eigenvalue weighted by molar-refractivity contribution is -0.157. The fraction of sp³-hybridized carbons (Fsp3) is 0.882. The molecule has 21 heavy (non-hydrogen) atoms. The number of nitrogens with zero attached hydrogens (tertiary/aromatic N) is 1. The molecular formula is C17H32N2O2. The Morgan fingerprint density at radius 1 is 1.19 bits per heavy atom. The zero-order valence-electron chi connectivity index (χ0n) is 14.7. The molecule has 0 saturated carbocycles. The number of carbonyl (C=O) groups is 2. The number of amides is 2. The second kappa shape index (κ2) is 6.37. The van der Waals surface area contributed by atoms with Crippen molar-refractivity contribution in [3.05, 3.63) is 0 Å². The van der Waals surface area contributed by atoms with Gasteiger partial charge >= 0.3 is 0 Å². The molecule has 2 atom stereocenters. The molecular weight excluding hydrogens is 264 g/mol. The van der Waals surface area contributed by atoms with Gasteiger partial charge in [0.25, 0.3) is 0 Å². The first-order valence-electron chi connectivity index (χ1n) is 8.26. The number of hydrogen-bond acceptors (Lipinski definition) is 2. The minimum Gasteiger partial charge on any atom is -0.340 e. The normalized spacial score (nSPS) is 24.0. The molecule has 0 aromatic heterocycles. The van der Waals surface area contributed by atoms with Crippen LogP contribution in [0.3, 0.4) is 0 Å². The third-order valence-electron chi connectivity index (χ3n) is 5.25. The summed E-state index contributed by atoms with van der Waals surface area (Å²) in [5.74, 6) is 0.435. The van der Waals surface area contributed by atoms with Crippen molar-refractivity contribution in [3.8, 4) is 0 Å². The third-order valence-corrected chi connectivity index (χ3v) is 5.25. The summed E-state index contributed by atoms with van der Waals surface area (Å²) in [7, 11) is 0. The third kappa shape index (κ3) is 3.41. The van der Waals surface area contributed by atoms with E-state index in [-0.39, 0.29) is 23.3 Å². The smallest absolute Gasteiger partial charge is 0.248 e. The average molecular weight is 296 g/mol. The van der Waals surface area contributed by atoms with Crippen molar-refractivity contribution in [1.29, 1.82) is 0 Å². The van der Waals surface area contributed by atoms with Crippen LogP contribution in [0.25, 0.3) is 0 Å². The van der Waals surface area contributed by atoms with Crippen LogP contribution in [0.4, 0.5) is 0 Å². The lowest BCUT2D eigenvalue weighted by Crippen LogP contribution is -2.70. The van der Waals surface area contributed by atoms with Crippen molar-refractivity contribution in [2.45, 2.75) is 79.3 Å². The van der Waals surface area contributed by atoms with Crippen molar-refractivity contribution >= 4 is 11.8 Å². The highest BCUT2D eigenvalue weighted by molar-refractivity contribution is 5.99. The van der Waals surface area contributed by atoms with E-state index in [1.807, 2.05) is 25.7 Å². The number of rotatable bonds is 5. The van der Waals surface area contributed by atoms with E-state index >= 15 is 0 Å². The van der Waals surface area contributed by atoms with Crippen molar-refractivity contribution in [2.75, 3.05) is 6.54 Å². The SMILES string of the molecule is CCC1C(=O)NC(CC)(CC)C(=O)N1CC(C)C(C)(C)C.